The summed E-state index contributed by atoms with van der Waals surface area (Å²) in [5, 5.41) is 2.41. The van der Waals surface area contributed by atoms with Crippen LogP contribution in [0.2, 0.25) is 0 Å². The van der Waals surface area contributed by atoms with Crippen LogP contribution < -0.4 is 11.0 Å². The molecule has 0 radical (unpaired) electrons. The van der Waals surface area contributed by atoms with Crippen molar-refractivity contribution < 1.29 is 14.0 Å². The summed E-state index contributed by atoms with van der Waals surface area (Å²) in [5.74, 6) is 0.0930. The molecule has 1 aliphatic heterocycles. The first kappa shape index (κ1) is 21.7. The highest BCUT2D eigenvalue weighted by molar-refractivity contribution is 5.97. The van der Waals surface area contributed by atoms with Crippen LogP contribution in [0.5, 0.6) is 0 Å². The quantitative estimate of drug-likeness (QED) is 0.764. The van der Waals surface area contributed by atoms with Crippen LogP contribution in [0.25, 0.3) is 11.0 Å². The number of nitrogens with zero attached hydrogens (tertiary/aromatic N) is 2. The van der Waals surface area contributed by atoms with Crippen LogP contribution in [0.3, 0.4) is 0 Å². The maximum Gasteiger partial charge on any atom is 0.326 e. The van der Waals surface area contributed by atoms with E-state index in [9.17, 15) is 18.8 Å². The number of Topliss-reactive ketones (excluding diaryl/α,β-unsaturated/α-hetero) is 1. The van der Waals surface area contributed by atoms with E-state index in [1.165, 1.54) is 19.2 Å². The van der Waals surface area contributed by atoms with Crippen LogP contribution in [0.15, 0.2) is 16.9 Å². The summed E-state index contributed by atoms with van der Waals surface area (Å²) in [5.41, 5.74) is 0.540. The minimum Gasteiger partial charge on any atom is -0.355 e. The molecular weight excluding hydrogens is 399 g/mol. The zero-order chi connectivity index (χ0) is 22.1. The van der Waals surface area contributed by atoms with Gasteiger partial charge in [0.05, 0.1) is 23.1 Å². The predicted octanol–water partition coefficient (Wildman–Crippen LogP) is 2.86. The van der Waals surface area contributed by atoms with Crippen molar-refractivity contribution in [2.45, 2.75) is 51.5 Å². The van der Waals surface area contributed by atoms with Crippen molar-refractivity contribution in [2.75, 3.05) is 26.7 Å². The Hall–Kier alpha value is -2.48. The minimum absolute atomic E-state index is 0.0617. The first-order chi connectivity index (χ1) is 14.9. The van der Waals surface area contributed by atoms with E-state index in [0.29, 0.717) is 23.4 Å². The van der Waals surface area contributed by atoms with Gasteiger partial charge in [0.2, 0.25) is 0 Å². The Morgan fingerprint density at radius 3 is 2.45 bits per heavy atom. The van der Waals surface area contributed by atoms with Gasteiger partial charge < -0.3 is 10.3 Å². The number of aromatic nitrogens is 2. The number of carbonyl (C=O) groups excluding carboxylic acids is 2. The molecule has 8 heteroatoms. The van der Waals surface area contributed by atoms with Gasteiger partial charge in [-0.1, -0.05) is 19.8 Å². The number of imidazole rings is 1. The summed E-state index contributed by atoms with van der Waals surface area (Å²) in [7, 11) is 1.44. The van der Waals surface area contributed by atoms with Crippen molar-refractivity contribution in [3.05, 3.63) is 34.0 Å². The largest absolute Gasteiger partial charge is 0.355 e. The Bertz CT molecular complexity index is 1030. The number of ketones is 1. The molecule has 1 aromatic heterocycles. The summed E-state index contributed by atoms with van der Waals surface area (Å²) >= 11 is 0. The lowest BCUT2D eigenvalue weighted by atomic mass is 9.81. The van der Waals surface area contributed by atoms with Crippen LogP contribution >= 0.6 is 0 Å². The lowest BCUT2D eigenvalue weighted by Gasteiger charge is -2.33. The van der Waals surface area contributed by atoms with E-state index in [1.807, 2.05) is 0 Å². The summed E-state index contributed by atoms with van der Waals surface area (Å²) < 4.78 is 16.1. The molecule has 7 nitrogen and oxygen atoms in total. The van der Waals surface area contributed by atoms with Gasteiger partial charge in [0.25, 0.3) is 5.91 Å². The van der Waals surface area contributed by atoms with Crippen LogP contribution in [0.4, 0.5) is 4.39 Å². The number of carbonyl (C=O) groups is 2. The Morgan fingerprint density at radius 2 is 1.81 bits per heavy atom. The number of hydrogen-bond donors (Lipinski definition) is 2. The third-order valence-electron chi connectivity index (χ3n) is 7.05. The van der Waals surface area contributed by atoms with Crippen LogP contribution in [-0.4, -0.2) is 52.8 Å². The molecule has 2 aromatic rings. The molecule has 0 bridgehead atoms. The normalized spacial score (nSPS) is 23.2. The van der Waals surface area contributed by atoms with E-state index in [0.717, 1.165) is 57.5 Å². The number of piperidine rings is 1. The number of H-pyrrole nitrogens is 1. The Morgan fingerprint density at radius 1 is 1.13 bits per heavy atom. The van der Waals surface area contributed by atoms with Gasteiger partial charge in [-0.05, 0) is 37.7 Å². The van der Waals surface area contributed by atoms with Crippen molar-refractivity contribution in [3.8, 4) is 0 Å². The highest BCUT2D eigenvalue weighted by atomic mass is 19.1. The fourth-order valence-electron chi connectivity index (χ4n) is 5.09. The molecule has 31 heavy (non-hydrogen) atoms. The highest BCUT2D eigenvalue weighted by Crippen LogP contribution is 2.30. The van der Waals surface area contributed by atoms with Crippen molar-refractivity contribution in [2.24, 2.45) is 11.8 Å². The van der Waals surface area contributed by atoms with Crippen molar-refractivity contribution in [1.82, 2.24) is 19.8 Å². The summed E-state index contributed by atoms with van der Waals surface area (Å²) in [6, 6.07) is 2.59. The van der Waals surface area contributed by atoms with E-state index in [-0.39, 0.29) is 23.2 Å². The molecular formula is C23H31FN4O3. The molecule has 168 valence electrons. The van der Waals surface area contributed by atoms with Gasteiger partial charge in [-0.25, -0.2) is 9.18 Å². The first-order valence-corrected chi connectivity index (χ1v) is 11.3. The van der Waals surface area contributed by atoms with E-state index < -0.39 is 11.7 Å². The highest BCUT2D eigenvalue weighted by Gasteiger charge is 2.29. The molecule has 1 aromatic carbocycles. The number of rotatable bonds is 5. The van der Waals surface area contributed by atoms with Crippen LogP contribution in [0, 0.1) is 17.7 Å². The number of fused-ring (bicyclic) bond motifs is 1. The van der Waals surface area contributed by atoms with Gasteiger partial charge in [-0.15, -0.1) is 0 Å². The number of amides is 1. The molecule has 1 aliphatic carbocycles. The maximum absolute atomic E-state index is 14.5. The second kappa shape index (κ2) is 8.94. The van der Waals surface area contributed by atoms with Gasteiger partial charge in [0.1, 0.15) is 11.6 Å². The summed E-state index contributed by atoms with van der Waals surface area (Å²) in [6.07, 6.45) is 5.73. The smallest absolute Gasteiger partial charge is 0.326 e. The molecule has 2 N–H and O–H groups in total. The topological polar surface area (TPSA) is 87.2 Å². The number of nitrogens with one attached hydrogen (secondary N) is 2. The molecule has 2 aliphatic rings. The van der Waals surface area contributed by atoms with Gasteiger partial charge in [-0.3, -0.25) is 19.1 Å². The van der Waals surface area contributed by atoms with E-state index in [1.54, 1.807) is 4.57 Å². The van der Waals surface area contributed by atoms with Gasteiger partial charge >= 0.3 is 5.69 Å². The zero-order valence-electron chi connectivity index (χ0n) is 18.2. The molecule has 4 rings (SSSR count). The van der Waals surface area contributed by atoms with Gasteiger partial charge in [0.15, 0.2) is 0 Å². The van der Waals surface area contributed by atoms with Gasteiger partial charge in [-0.2, -0.15) is 0 Å². The average Bonchev–Trinajstić information content (AvgIpc) is 3.08. The lowest BCUT2D eigenvalue weighted by Crippen LogP contribution is -2.41. The standard InChI is InChI=1S/C23H31FN4O3/c1-14-3-5-15(6-4-14)21(29)13-27-9-7-16(8-10-27)28-20-12-18(24)17(22(30)25-2)11-19(20)26-23(28)31/h11-12,14-16H,3-10,13H2,1-2H3,(H,25,30)(H,26,31)/t14-,15-. The van der Waals surface area contributed by atoms with Crippen LogP contribution in [0.1, 0.15) is 61.8 Å². The molecule has 1 saturated carbocycles. The third kappa shape index (κ3) is 4.44. The number of aromatic amines is 1. The lowest BCUT2D eigenvalue weighted by molar-refractivity contribution is -0.125. The fourth-order valence-corrected chi connectivity index (χ4v) is 5.09. The van der Waals surface area contributed by atoms with Crippen molar-refractivity contribution in [1.29, 1.82) is 0 Å². The summed E-state index contributed by atoms with van der Waals surface area (Å²) in [6.45, 7) is 4.21. The van der Waals surface area contributed by atoms with Crippen LogP contribution in [-0.2, 0) is 4.79 Å². The first-order valence-electron chi connectivity index (χ1n) is 11.3. The second-order valence-corrected chi connectivity index (χ2v) is 9.16. The maximum atomic E-state index is 14.5. The minimum atomic E-state index is -0.649. The average molecular weight is 431 g/mol. The molecule has 0 atom stereocenters. The van der Waals surface area contributed by atoms with Crippen molar-refractivity contribution >= 4 is 22.7 Å². The molecule has 2 fully saturated rings. The predicted molar refractivity (Wildman–Crippen MR) is 117 cm³/mol. The Labute approximate surface area is 181 Å². The molecule has 1 amide bonds. The molecule has 0 spiro atoms. The van der Waals surface area contributed by atoms with Gasteiger partial charge in [0, 0.05) is 38.2 Å². The van der Waals surface area contributed by atoms with E-state index >= 15 is 0 Å². The Balaban J connectivity index is 1.43. The summed E-state index contributed by atoms with van der Waals surface area (Å²) in [4.78, 5) is 42.1. The van der Waals surface area contributed by atoms with Crippen molar-refractivity contribution in [3.63, 3.8) is 0 Å². The van der Waals surface area contributed by atoms with E-state index in [4.69, 9.17) is 0 Å². The monoisotopic (exact) mass is 430 g/mol. The molecule has 1 saturated heterocycles. The number of likely N-dealkylation sites (tertiary alicyclic amines) is 1. The number of hydrogen-bond acceptors (Lipinski definition) is 4. The Kier molecular flexibility index (Phi) is 6.27. The SMILES string of the molecule is CNC(=O)c1cc2[nH]c(=O)n(C3CCN(CC(=O)[C@H]4CC[C@H](C)CC4)CC3)c2cc1F. The number of benzene rings is 1. The fraction of sp³-hybridized carbons (Fsp3) is 0.609. The third-order valence-corrected chi connectivity index (χ3v) is 7.05. The van der Waals surface area contributed by atoms with E-state index in [2.05, 4.69) is 22.1 Å². The zero-order valence-corrected chi connectivity index (χ0v) is 18.2. The second-order valence-electron chi connectivity index (χ2n) is 9.16. The number of halogens is 1. The molecule has 0 unspecified atom stereocenters. The molecule has 2 heterocycles.